The summed E-state index contributed by atoms with van der Waals surface area (Å²) >= 11 is 3.76. The lowest BCUT2D eigenvalue weighted by atomic mass is 9.90. The minimum Gasteiger partial charge on any atom is -0.492 e. The Balaban J connectivity index is 1.75. The predicted molar refractivity (Wildman–Crippen MR) is 156 cm³/mol. The quantitative estimate of drug-likeness (QED) is 0.145. The summed E-state index contributed by atoms with van der Waals surface area (Å²) in [6, 6.07) is 4.58. The Morgan fingerprint density at radius 1 is 0.618 bits per heavy atom. The summed E-state index contributed by atoms with van der Waals surface area (Å²) in [4.78, 5) is 2.82. The van der Waals surface area contributed by atoms with Gasteiger partial charge in [0.25, 0.3) is 0 Å². The SMILES string of the molecule is CCCCCCCCCCCOc1ccsc1-c1sccc1C(CC)CCCCCCCCC. The lowest BCUT2D eigenvalue weighted by molar-refractivity contribution is 0.306. The van der Waals surface area contributed by atoms with Crippen molar-refractivity contribution in [3.8, 4) is 15.5 Å². The van der Waals surface area contributed by atoms with Crippen molar-refractivity contribution in [3.63, 3.8) is 0 Å². The smallest absolute Gasteiger partial charge is 0.138 e. The van der Waals surface area contributed by atoms with E-state index in [1.165, 1.54) is 125 Å². The van der Waals surface area contributed by atoms with Gasteiger partial charge in [0.15, 0.2) is 0 Å². The van der Waals surface area contributed by atoms with Crippen LogP contribution in [0.15, 0.2) is 22.9 Å². The highest BCUT2D eigenvalue weighted by Crippen LogP contribution is 2.44. The number of hydrogen-bond donors (Lipinski definition) is 0. The van der Waals surface area contributed by atoms with Crippen molar-refractivity contribution in [1.82, 2.24) is 0 Å². The largest absolute Gasteiger partial charge is 0.492 e. The van der Waals surface area contributed by atoms with Crippen LogP contribution in [0.25, 0.3) is 9.75 Å². The number of ether oxygens (including phenoxy) is 1. The van der Waals surface area contributed by atoms with E-state index in [4.69, 9.17) is 4.74 Å². The summed E-state index contributed by atoms with van der Waals surface area (Å²) in [7, 11) is 0. The molecule has 0 N–H and O–H groups in total. The highest BCUT2D eigenvalue weighted by molar-refractivity contribution is 7.20. The van der Waals surface area contributed by atoms with Crippen molar-refractivity contribution in [2.75, 3.05) is 6.61 Å². The molecule has 194 valence electrons. The van der Waals surface area contributed by atoms with Gasteiger partial charge in [-0.05, 0) is 53.6 Å². The van der Waals surface area contributed by atoms with Crippen LogP contribution in [0.5, 0.6) is 5.75 Å². The van der Waals surface area contributed by atoms with Gasteiger partial charge < -0.3 is 4.74 Å². The molecule has 2 rings (SSSR count). The van der Waals surface area contributed by atoms with E-state index in [9.17, 15) is 0 Å². The molecule has 1 nitrogen and oxygen atoms in total. The van der Waals surface area contributed by atoms with Gasteiger partial charge in [-0.2, -0.15) is 0 Å². The molecule has 0 amide bonds. The molecule has 0 aliphatic rings. The molecule has 34 heavy (non-hydrogen) atoms. The van der Waals surface area contributed by atoms with Gasteiger partial charge in [0, 0.05) is 0 Å². The first-order valence-electron chi connectivity index (χ1n) is 14.6. The summed E-state index contributed by atoms with van der Waals surface area (Å²) in [5.41, 5.74) is 1.56. The normalized spacial score (nSPS) is 12.3. The van der Waals surface area contributed by atoms with Gasteiger partial charge in [-0.25, -0.2) is 0 Å². The van der Waals surface area contributed by atoms with E-state index in [0.29, 0.717) is 5.92 Å². The van der Waals surface area contributed by atoms with E-state index in [1.807, 2.05) is 22.7 Å². The van der Waals surface area contributed by atoms with Crippen molar-refractivity contribution >= 4 is 22.7 Å². The monoisotopic (exact) mass is 504 g/mol. The molecular weight excluding hydrogens is 452 g/mol. The lowest BCUT2D eigenvalue weighted by Gasteiger charge is -2.16. The summed E-state index contributed by atoms with van der Waals surface area (Å²) in [6.45, 7) is 7.81. The molecule has 0 aliphatic heterocycles. The fourth-order valence-electron chi connectivity index (χ4n) is 4.92. The molecule has 0 radical (unpaired) electrons. The highest BCUT2D eigenvalue weighted by Gasteiger charge is 2.19. The molecule has 1 unspecified atom stereocenters. The molecule has 0 saturated carbocycles. The van der Waals surface area contributed by atoms with Crippen LogP contribution in [0.4, 0.5) is 0 Å². The van der Waals surface area contributed by atoms with Gasteiger partial charge in [-0.1, -0.05) is 117 Å². The Hall–Kier alpha value is -0.800. The van der Waals surface area contributed by atoms with Gasteiger partial charge in [-0.3, -0.25) is 0 Å². The van der Waals surface area contributed by atoms with Gasteiger partial charge in [0.1, 0.15) is 5.75 Å². The Kier molecular flexibility index (Phi) is 16.8. The molecule has 2 heterocycles. The Labute approximate surface area is 219 Å². The molecule has 2 aromatic heterocycles. The fraction of sp³-hybridized carbons (Fsp3) is 0.742. The first-order valence-corrected chi connectivity index (χ1v) is 16.4. The second-order valence-corrected chi connectivity index (χ2v) is 11.8. The summed E-state index contributed by atoms with van der Waals surface area (Å²) in [6.07, 6.45) is 24.5. The van der Waals surface area contributed by atoms with Crippen LogP contribution in [0.3, 0.4) is 0 Å². The van der Waals surface area contributed by atoms with Crippen LogP contribution in [0.2, 0.25) is 0 Å². The minimum absolute atomic E-state index is 0.684. The molecular formula is C31H52OS2. The van der Waals surface area contributed by atoms with Gasteiger partial charge in [0.05, 0.1) is 16.4 Å². The third-order valence-electron chi connectivity index (χ3n) is 7.13. The van der Waals surface area contributed by atoms with Crippen molar-refractivity contribution in [1.29, 1.82) is 0 Å². The minimum atomic E-state index is 0.684. The fourth-order valence-corrected chi connectivity index (χ4v) is 6.94. The van der Waals surface area contributed by atoms with Crippen molar-refractivity contribution in [2.45, 2.75) is 142 Å². The number of hydrogen-bond acceptors (Lipinski definition) is 3. The zero-order valence-electron chi connectivity index (χ0n) is 22.5. The van der Waals surface area contributed by atoms with Gasteiger partial charge in [0.2, 0.25) is 0 Å². The average molecular weight is 505 g/mol. The van der Waals surface area contributed by atoms with Crippen LogP contribution in [-0.2, 0) is 0 Å². The third-order valence-corrected chi connectivity index (χ3v) is 9.12. The maximum Gasteiger partial charge on any atom is 0.138 e. The first-order chi connectivity index (χ1) is 16.8. The Morgan fingerprint density at radius 3 is 1.76 bits per heavy atom. The van der Waals surface area contributed by atoms with Crippen LogP contribution in [0.1, 0.15) is 148 Å². The summed E-state index contributed by atoms with van der Waals surface area (Å²) in [5.74, 6) is 1.79. The lowest BCUT2D eigenvalue weighted by Crippen LogP contribution is -1.99. The zero-order chi connectivity index (χ0) is 24.3. The molecule has 0 aliphatic carbocycles. The van der Waals surface area contributed by atoms with Crippen molar-refractivity contribution in [3.05, 3.63) is 28.5 Å². The maximum absolute atomic E-state index is 6.29. The summed E-state index contributed by atoms with van der Waals surface area (Å²) < 4.78 is 6.29. The van der Waals surface area contributed by atoms with Gasteiger partial charge in [-0.15, -0.1) is 22.7 Å². The zero-order valence-corrected chi connectivity index (χ0v) is 24.2. The summed E-state index contributed by atoms with van der Waals surface area (Å²) in [5, 5.41) is 4.50. The molecule has 0 fully saturated rings. The predicted octanol–water partition coefficient (Wildman–Crippen LogP) is 12.0. The standard InChI is InChI=1S/C31H52OS2/c1-4-7-9-11-13-14-16-18-20-24-32-29-23-26-34-31(29)30-28(22-25-33-30)27(6-3)21-19-17-15-12-10-8-5-2/h22-23,25-27H,4-21,24H2,1-3H3. The number of thiophene rings is 2. The van der Waals surface area contributed by atoms with Crippen LogP contribution < -0.4 is 4.74 Å². The number of unbranched alkanes of at least 4 members (excludes halogenated alkanes) is 14. The van der Waals surface area contributed by atoms with Gasteiger partial charge >= 0.3 is 0 Å². The molecule has 0 spiro atoms. The molecule has 3 heteroatoms. The van der Waals surface area contributed by atoms with E-state index < -0.39 is 0 Å². The van der Waals surface area contributed by atoms with E-state index in [-0.39, 0.29) is 0 Å². The second kappa shape index (κ2) is 19.4. The molecule has 2 aromatic rings. The van der Waals surface area contributed by atoms with E-state index in [2.05, 4.69) is 43.7 Å². The van der Waals surface area contributed by atoms with E-state index in [1.54, 1.807) is 5.56 Å². The first kappa shape index (κ1) is 29.4. The van der Waals surface area contributed by atoms with E-state index in [0.717, 1.165) is 12.4 Å². The van der Waals surface area contributed by atoms with Crippen LogP contribution in [0, 0.1) is 0 Å². The molecule has 0 bridgehead atoms. The highest BCUT2D eigenvalue weighted by atomic mass is 32.1. The third kappa shape index (κ3) is 11.3. The molecule has 0 aromatic carbocycles. The number of rotatable bonds is 22. The van der Waals surface area contributed by atoms with Crippen molar-refractivity contribution < 1.29 is 4.74 Å². The molecule has 0 saturated heterocycles. The maximum atomic E-state index is 6.29. The Bertz CT molecular complexity index is 717. The topological polar surface area (TPSA) is 9.23 Å². The second-order valence-electron chi connectivity index (χ2n) is 10.0. The van der Waals surface area contributed by atoms with Crippen LogP contribution >= 0.6 is 22.7 Å². The van der Waals surface area contributed by atoms with Crippen LogP contribution in [-0.4, -0.2) is 6.61 Å². The van der Waals surface area contributed by atoms with E-state index >= 15 is 0 Å². The Morgan fingerprint density at radius 2 is 1.15 bits per heavy atom. The molecule has 1 atom stereocenters. The van der Waals surface area contributed by atoms with Crippen molar-refractivity contribution in [2.24, 2.45) is 0 Å². The average Bonchev–Trinajstić information content (AvgIpc) is 3.51.